The van der Waals surface area contributed by atoms with Crippen LogP contribution in [0.1, 0.15) is 49.4 Å². The Hall–Kier alpha value is -3.97. The minimum Gasteiger partial charge on any atom is -0.457 e. The molecule has 0 radical (unpaired) electrons. The second-order valence-electron chi connectivity index (χ2n) is 11.1. The molecule has 0 fully saturated rings. The van der Waals surface area contributed by atoms with E-state index in [0.29, 0.717) is 30.1 Å². The fourth-order valence-electron chi connectivity index (χ4n) is 5.02. The number of benzene rings is 2. The third-order valence-electron chi connectivity index (χ3n) is 7.16. The molecule has 1 amide bonds. The van der Waals surface area contributed by atoms with Gasteiger partial charge in [-0.1, -0.05) is 32.9 Å². The van der Waals surface area contributed by atoms with Gasteiger partial charge < -0.3 is 20.8 Å². The first kappa shape index (κ1) is 25.7. The zero-order chi connectivity index (χ0) is 26.9. The molecule has 38 heavy (non-hydrogen) atoms. The fraction of sp³-hybridized carbons (Fsp3) is 0.323. The maximum Gasteiger partial charge on any atom is 0.249 e. The molecule has 0 saturated carbocycles. The fourth-order valence-corrected chi connectivity index (χ4v) is 5.02. The highest BCUT2D eigenvalue weighted by atomic mass is 16.5. The largest absolute Gasteiger partial charge is 0.457 e. The first-order valence-corrected chi connectivity index (χ1v) is 13.1. The van der Waals surface area contributed by atoms with Crippen LogP contribution in [0, 0.1) is 5.92 Å². The van der Waals surface area contributed by atoms with Gasteiger partial charge in [-0.15, -0.1) is 0 Å². The number of aromatic amines is 1. The van der Waals surface area contributed by atoms with Crippen LogP contribution < -0.4 is 21.3 Å². The molecule has 5 rings (SSSR count). The molecule has 0 aliphatic heterocycles. The van der Waals surface area contributed by atoms with Crippen molar-refractivity contribution >= 4 is 22.6 Å². The highest BCUT2D eigenvalue weighted by molar-refractivity contribution is 5.93. The number of hydrogen-bond donors (Lipinski definition) is 3. The summed E-state index contributed by atoms with van der Waals surface area (Å²) in [6.45, 7) is 7.09. The molecule has 2 heterocycles. The van der Waals surface area contributed by atoms with Gasteiger partial charge in [0, 0.05) is 23.9 Å². The van der Waals surface area contributed by atoms with Crippen LogP contribution in [0.2, 0.25) is 0 Å². The highest BCUT2D eigenvalue weighted by Gasteiger charge is 2.26. The molecule has 2 aromatic carbocycles. The molecule has 2 aromatic heterocycles. The Labute approximate surface area is 222 Å². The third kappa shape index (κ3) is 5.63. The van der Waals surface area contributed by atoms with E-state index < -0.39 is 0 Å². The highest BCUT2D eigenvalue weighted by Crippen LogP contribution is 2.33. The van der Waals surface area contributed by atoms with Crippen LogP contribution in [0.3, 0.4) is 0 Å². The Balaban J connectivity index is 1.34. The van der Waals surface area contributed by atoms with Gasteiger partial charge in [0.15, 0.2) is 0 Å². The van der Waals surface area contributed by atoms with Crippen molar-refractivity contribution in [3.63, 3.8) is 0 Å². The van der Waals surface area contributed by atoms with E-state index in [0.717, 1.165) is 41.5 Å². The minimum atomic E-state index is -0.207. The van der Waals surface area contributed by atoms with Gasteiger partial charge in [-0.25, -0.2) is 4.98 Å². The van der Waals surface area contributed by atoms with Gasteiger partial charge in [-0.2, -0.15) is 0 Å². The molecule has 1 aliphatic carbocycles. The second-order valence-corrected chi connectivity index (χ2v) is 11.1. The molecule has 4 N–H and O–H groups in total. The Morgan fingerprint density at radius 1 is 1.11 bits per heavy atom. The lowest BCUT2D eigenvalue weighted by atomic mass is 9.83. The van der Waals surface area contributed by atoms with E-state index in [1.165, 1.54) is 17.2 Å². The van der Waals surface area contributed by atoms with Crippen molar-refractivity contribution < 1.29 is 9.53 Å². The molecule has 7 nitrogen and oxygen atoms in total. The summed E-state index contributed by atoms with van der Waals surface area (Å²) < 4.78 is 6.20. The zero-order valence-corrected chi connectivity index (χ0v) is 22.1. The van der Waals surface area contributed by atoms with Gasteiger partial charge in [-0.3, -0.25) is 9.59 Å². The zero-order valence-electron chi connectivity index (χ0n) is 22.1. The first-order valence-electron chi connectivity index (χ1n) is 13.1. The molecule has 4 aromatic rings. The predicted molar refractivity (Wildman–Crippen MR) is 151 cm³/mol. The van der Waals surface area contributed by atoms with Crippen LogP contribution in [0.4, 0.5) is 5.69 Å². The van der Waals surface area contributed by atoms with Gasteiger partial charge in [-0.05, 0) is 96.3 Å². The number of rotatable bonds is 6. The van der Waals surface area contributed by atoms with Gasteiger partial charge in [0.25, 0.3) is 0 Å². The summed E-state index contributed by atoms with van der Waals surface area (Å²) in [6.07, 6.45) is 4.68. The summed E-state index contributed by atoms with van der Waals surface area (Å²) in [6, 6.07) is 17.3. The summed E-state index contributed by atoms with van der Waals surface area (Å²) in [5, 5.41) is 3.92. The Morgan fingerprint density at radius 3 is 2.74 bits per heavy atom. The molecular weight excluding hydrogens is 476 g/mol. The lowest BCUT2D eigenvalue weighted by Gasteiger charge is -2.25. The summed E-state index contributed by atoms with van der Waals surface area (Å²) in [4.78, 5) is 32.0. The maximum absolute atomic E-state index is 13.4. The molecule has 7 heteroatoms. The lowest BCUT2D eigenvalue weighted by molar-refractivity contribution is -0.120. The number of pyridine rings is 2. The van der Waals surface area contributed by atoms with Crippen LogP contribution in [0.25, 0.3) is 11.0 Å². The van der Waals surface area contributed by atoms with E-state index in [1.54, 1.807) is 18.3 Å². The summed E-state index contributed by atoms with van der Waals surface area (Å²) in [5.74, 6) is 1.22. The number of nitrogens with two attached hydrogens (primary N) is 1. The van der Waals surface area contributed by atoms with Crippen molar-refractivity contribution in [1.82, 2.24) is 9.97 Å². The van der Waals surface area contributed by atoms with Gasteiger partial charge in [0.05, 0.1) is 5.39 Å². The maximum atomic E-state index is 13.4. The number of aryl methyl sites for hydroxylation is 1. The van der Waals surface area contributed by atoms with E-state index in [-0.39, 0.29) is 22.8 Å². The van der Waals surface area contributed by atoms with Crippen molar-refractivity contribution in [2.75, 3.05) is 11.9 Å². The molecular formula is C31H34N4O3. The quantitative estimate of drug-likeness (QED) is 0.328. The topological polar surface area (TPSA) is 110 Å². The van der Waals surface area contributed by atoms with E-state index in [2.05, 4.69) is 54.3 Å². The molecule has 0 bridgehead atoms. The summed E-state index contributed by atoms with van der Waals surface area (Å²) in [5.41, 5.74) is 11.6. The summed E-state index contributed by atoms with van der Waals surface area (Å²) >= 11 is 0. The smallest absolute Gasteiger partial charge is 0.249 e. The van der Waals surface area contributed by atoms with E-state index in [4.69, 9.17) is 10.5 Å². The SMILES string of the molecule is CC(C)(C)c1cc(CCN)cc(NC(=O)C2CCc3ccc(Oc4ccnc5[nH]c(=O)ccc45)cc3C2)c1. The predicted octanol–water partition coefficient (Wildman–Crippen LogP) is 5.26. The molecule has 1 unspecified atom stereocenters. The van der Waals surface area contributed by atoms with Crippen LogP contribution in [-0.2, 0) is 29.5 Å². The normalized spacial score (nSPS) is 15.2. The van der Waals surface area contributed by atoms with Gasteiger partial charge in [0.2, 0.25) is 11.5 Å². The first-order chi connectivity index (χ1) is 18.2. The van der Waals surface area contributed by atoms with Crippen molar-refractivity contribution in [1.29, 1.82) is 0 Å². The number of fused-ring (bicyclic) bond motifs is 2. The second kappa shape index (κ2) is 10.4. The minimum absolute atomic E-state index is 0.0281. The summed E-state index contributed by atoms with van der Waals surface area (Å²) in [7, 11) is 0. The standard InChI is InChI=1S/C31H34N4O3/c1-31(2,3)23-14-19(10-12-32)15-24(18-23)34-30(37)21-5-4-20-6-7-25(17-22(20)16-21)38-27-11-13-33-29-26(27)8-9-28(36)35-29/h6-9,11,13-15,17-18,21H,4-5,10,12,16,32H2,1-3H3,(H,34,37)(H,33,35,36). The third-order valence-corrected chi connectivity index (χ3v) is 7.16. The average Bonchev–Trinajstić information content (AvgIpc) is 2.88. The monoisotopic (exact) mass is 510 g/mol. The van der Waals surface area contributed by atoms with Crippen molar-refractivity contribution in [3.8, 4) is 11.5 Å². The molecule has 196 valence electrons. The number of ether oxygens (including phenoxy) is 1. The molecule has 0 spiro atoms. The molecule has 0 saturated heterocycles. The van der Waals surface area contributed by atoms with E-state index >= 15 is 0 Å². The van der Waals surface area contributed by atoms with Crippen LogP contribution >= 0.6 is 0 Å². The van der Waals surface area contributed by atoms with Gasteiger partial charge in [0.1, 0.15) is 17.1 Å². The average molecular weight is 511 g/mol. The number of H-pyrrole nitrogens is 1. The number of aromatic nitrogens is 2. The van der Waals surface area contributed by atoms with E-state index in [1.807, 2.05) is 18.2 Å². The van der Waals surface area contributed by atoms with E-state index in [9.17, 15) is 9.59 Å². The van der Waals surface area contributed by atoms with Crippen LogP contribution in [0.15, 0.2) is 65.6 Å². The number of amides is 1. The Kier molecular flexibility index (Phi) is 7.04. The number of nitrogens with one attached hydrogen (secondary N) is 2. The van der Waals surface area contributed by atoms with Gasteiger partial charge >= 0.3 is 0 Å². The van der Waals surface area contributed by atoms with Crippen LogP contribution in [-0.4, -0.2) is 22.4 Å². The van der Waals surface area contributed by atoms with Crippen molar-refractivity contribution in [3.05, 3.63) is 93.4 Å². The number of hydrogen-bond acceptors (Lipinski definition) is 5. The number of nitrogens with zero attached hydrogens (tertiary/aromatic N) is 1. The number of carbonyl (C=O) groups is 1. The number of anilines is 1. The number of carbonyl (C=O) groups excluding carboxylic acids is 1. The molecule has 1 atom stereocenters. The van der Waals surface area contributed by atoms with Crippen molar-refractivity contribution in [2.45, 2.75) is 51.9 Å². The van der Waals surface area contributed by atoms with Crippen molar-refractivity contribution in [2.24, 2.45) is 11.7 Å². The Morgan fingerprint density at radius 2 is 1.95 bits per heavy atom. The van der Waals surface area contributed by atoms with Crippen LogP contribution in [0.5, 0.6) is 11.5 Å². The lowest BCUT2D eigenvalue weighted by Crippen LogP contribution is -2.28. The molecule has 1 aliphatic rings. The Bertz CT molecular complexity index is 1550.